The summed E-state index contributed by atoms with van der Waals surface area (Å²) in [6.45, 7) is 0. The first-order valence-electron chi connectivity index (χ1n) is 6.96. The molecule has 0 aliphatic rings. The number of nitrogens with one attached hydrogen (secondary N) is 1. The summed E-state index contributed by atoms with van der Waals surface area (Å²) in [6.07, 6.45) is 3.23. The highest BCUT2D eigenvalue weighted by molar-refractivity contribution is 6.43. The van der Waals surface area contributed by atoms with Crippen molar-refractivity contribution in [3.8, 4) is 0 Å². The molecule has 2 aromatic heterocycles. The molecule has 1 aromatic carbocycles. The van der Waals surface area contributed by atoms with E-state index in [-0.39, 0.29) is 12.2 Å². The van der Waals surface area contributed by atoms with Crippen LogP contribution in [0.2, 0.25) is 0 Å². The van der Waals surface area contributed by atoms with Gasteiger partial charge in [0.2, 0.25) is 11.6 Å². The van der Waals surface area contributed by atoms with Gasteiger partial charge in [0.1, 0.15) is 12.1 Å². The zero-order valence-electron chi connectivity index (χ0n) is 12.2. The first kappa shape index (κ1) is 14.7. The van der Waals surface area contributed by atoms with Gasteiger partial charge in [-0.05, 0) is 23.8 Å². The maximum Gasteiger partial charge on any atom is 0.267 e. The maximum absolute atomic E-state index is 12.1. The Labute approximate surface area is 131 Å². The number of carbonyl (C=O) groups is 2. The number of furan rings is 1. The van der Waals surface area contributed by atoms with E-state index in [1.54, 1.807) is 18.2 Å². The van der Waals surface area contributed by atoms with Crippen LogP contribution in [0.25, 0.3) is 0 Å². The van der Waals surface area contributed by atoms with Gasteiger partial charge in [-0.3, -0.25) is 14.7 Å². The first-order chi connectivity index (χ1) is 11.1. The second-order valence-electron chi connectivity index (χ2n) is 5.04. The summed E-state index contributed by atoms with van der Waals surface area (Å²) >= 11 is 0. The molecule has 0 amide bonds. The fraction of sp³-hybridized carbons (Fsp3) is 0.125. The molecule has 0 fully saturated rings. The van der Waals surface area contributed by atoms with Crippen molar-refractivity contribution in [3.63, 3.8) is 0 Å². The number of anilines is 1. The van der Waals surface area contributed by atoms with Crippen molar-refractivity contribution in [2.45, 2.75) is 12.8 Å². The quantitative estimate of drug-likeness (QED) is 0.405. The van der Waals surface area contributed by atoms with Crippen LogP contribution in [0.5, 0.6) is 0 Å². The number of rotatable bonds is 6. The number of hydrogen-bond acceptors (Lipinski definition) is 6. The van der Waals surface area contributed by atoms with Gasteiger partial charge in [-0.2, -0.15) is 0 Å². The highest BCUT2D eigenvalue weighted by Crippen LogP contribution is 2.18. The Balaban J connectivity index is 1.72. The van der Waals surface area contributed by atoms with Crippen molar-refractivity contribution in [2.24, 2.45) is 0 Å². The Morgan fingerprint density at radius 3 is 2.65 bits per heavy atom. The molecule has 3 aromatic rings. The number of aromatic amines is 1. The van der Waals surface area contributed by atoms with Crippen molar-refractivity contribution in [3.05, 3.63) is 65.6 Å². The van der Waals surface area contributed by atoms with Gasteiger partial charge >= 0.3 is 0 Å². The number of carbonyl (C=O) groups excluding carboxylic acids is 2. The van der Waals surface area contributed by atoms with E-state index in [9.17, 15) is 9.59 Å². The normalized spacial score (nSPS) is 10.6. The molecular weight excluding hydrogens is 296 g/mol. The fourth-order valence-corrected chi connectivity index (χ4v) is 2.20. The minimum atomic E-state index is -0.717. The van der Waals surface area contributed by atoms with E-state index in [2.05, 4.69) is 15.2 Å². The van der Waals surface area contributed by atoms with Gasteiger partial charge in [0, 0.05) is 24.1 Å². The van der Waals surface area contributed by atoms with Crippen LogP contribution in [0.4, 0.5) is 5.69 Å². The molecular formula is C16H14N4O3. The van der Waals surface area contributed by atoms with Gasteiger partial charge in [-0.1, -0.05) is 12.1 Å². The van der Waals surface area contributed by atoms with E-state index in [1.165, 1.54) is 12.6 Å². The summed E-state index contributed by atoms with van der Waals surface area (Å²) < 4.78 is 5.44. The maximum atomic E-state index is 12.1. The van der Waals surface area contributed by atoms with E-state index in [4.69, 9.17) is 10.2 Å². The van der Waals surface area contributed by atoms with Crippen LogP contribution >= 0.6 is 0 Å². The van der Waals surface area contributed by atoms with E-state index in [0.717, 1.165) is 5.56 Å². The van der Waals surface area contributed by atoms with E-state index >= 15 is 0 Å². The fourth-order valence-electron chi connectivity index (χ4n) is 2.20. The summed E-state index contributed by atoms with van der Waals surface area (Å²) in [7, 11) is 0. The molecule has 7 heteroatoms. The lowest BCUT2D eigenvalue weighted by Gasteiger charge is -2.03. The van der Waals surface area contributed by atoms with Gasteiger partial charge in [0.25, 0.3) is 5.78 Å². The van der Waals surface area contributed by atoms with Gasteiger partial charge in [0.05, 0.1) is 6.26 Å². The third-order valence-corrected chi connectivity index (χ3v) is 3.40. The minimum absolute atomic E-state index is 0.0474. The molecule has 0 spiro atoms. The molecule has 7 nitrogen and oxygen atoms in total. The van der Waals surface area contributed by atoms with Crippen LogP contribution in [0, 0.1) is 0 Å². The third kappa shape index (κ3) is 3.34. The van der Waals surface area contributed by atoms with Crippen LogP contribution in [-0.4, -0.2) is 26.7 Å². The number of benzene rings is 1. The van der Waals surface area contributed by atoms with Crippen molar-refractivity contribution in [2.75, 3.05) is 5.73 Å². The molecule has 0 unspecified atom stereocenters. The van der Waals surface area contributed by atoms with Crippen LogP contribution in [0.1, 0.15) is 27.5 Å². The minimum Gasteiger partial charge on any atom is -0.469 e. The lowest BCUT2D eigenvalue weighted by Crippen LogP contribution is -2.18. The van der Waals surface area contributed by atoms with Crippen molar-refractivity contribution >= 4 is 17.3 Å². The largest absolute Gasteiger partial charge is 0.469 e. The molecule has 0 atom stereocenters. The molecule has 0 aliphatic carbocycles. The average Bonchev–Trinajstić information content (AvgIpc) is 3.21. The van der Waals surface area contributed by atoms with Crippen molar-refractivity contribution in [1.29, 1.82) is 0 Å². The van der Waals surface area contributed by atoms with Crippen molar-refractivity contribution < 1.29 is 14.0 Å². The second kappa shape index (κ2) is 6.27. The molecule has 0 bridgehead atoms. The number of ketones is 2. The van der Waals surface area contributed by atoms with Gasteiger partial charge in [-0.25, -0.2) is 4.98 Å². The molecule has 3 rings (SSSR count). The van der Waals surface area contributed by atoms with Crippen LogP contribution < -0.4 is 5.73 Å². The lowest BCUT2D eigenvalue weighted by atomic mass is 10.0. The molecule has 0 saturated carbocycles. The number of hydrogen-bond donors (Lipinski definition) is 2. The first-order valence-corrected chi connectivity index (χ1v) is 6.96. The summed E-state index contributed by atoms with van der Waals surface area (Å²) in [5, 5.41) is 6.03. The van der Waals surface area contributed by atoms with E-state index in [0.29, 0.717) is 23.4 Å². The molecule has 3 N–H and O–H groups in total. The van der Waals surface area contributed by atoms with E-state index < -0.39 is 11.6 Å². The van der Waals surface area contributed by atoms with Crippen LogP contribution in [0.3, 0.4) is 0 Å². The number of H-pyrrole nitrogens is 1. The highest BCUT2D eigenvalue weighted by atomic mass is 16.3. The number of Topliss-reactive ketones (excluding diaryl/α,β-unsaturated/α-hetero) is 2. The molecule has 0 radical (unpaired) electrons. The Morgan fingerprint density at radius 1 is 1.17 bits per heavy atom. The number of aromatic nitrogens is 3. The SMILES string of the molecule is Nc1ccc(Cc2occc2CC(=O)C(=O)c2nc[nH]n2)cc1. The van der Waals surface area contributed by atoms with Crippen LogP contribution in [0.15, 0.2) is 47.3 Å². The Morgan fingerprint density at radius 2 is 1.96 bits per heavy atom. The van der Waals surface area contributed by atoms with Gasteiger partial charge in [0.15, 0.2) is 0 Å². The predicted octanol–water partition coefficient (Wildman–Crippen LogP) is 1.57. The van der Waals surface area contributed by atoms with E-state index in [1.807, 2.05) is 12.1 Å². The summed E-state index contributed by atoms with van der Waals surface area (Å²) in [5.74, 6) is -0.778. The van der Waals surface area contributed by atoms with Crippen molar-refractivity contribution in [1.82, 2.24) is 15.2 Å². The number of nitrogens with two attached hydrogens (primary N) is 1. The molecule has 116 valence electrons. The second-order valence-corrected chi connectivity index (χ2v) is 5.04. The highest BCUT2D eigenvalue weighted by Gasteiger charge is 2.22. The lowest BCUT2D eigenvalue weighted by molar-refractivity contribution is -0.114. The summed E-state index contributed by atoms with van der Waals surface area (Å²) in [4.78, 5) is 27.6. The number of nitrogens with zero attached hydrogens (tertiary/aromatic N) is 2. The summed E-state index contributed by atoms with van der Waals surface area (Å²) in [5.41, 5.74) is 8.02. The van der Waals surface area contributed by atoms with Crippen LogP contribution in [-0.2, 0) is 17.6 Å². The number of nitrogen functional groups attached to an aromatic ring is 1. The predicted molar refractivity (Wildman–Crippen MR) is 81.8 cm³/mol. The zero-order chi connectivity index (χ0) is 16.2. The van der Waals surface area contributed by atoms with Gasteiger partial charge in [-0.15, -0.1) is 5.10 Å². The monoisotopic (exact) mass is 310 g/mol. The topological polar surface area (TPSA) is 115 Å². The summed E-state index contributed by atoms with van der Waals surface area (Å²) in [6, 6.07) is 9.08. The molecule has 23 heavy (non-hydrogen) atoms. The molecule has 0 aliphatic heterocycles. The third-order valence-electron chi connectivity index (χ3n) is 3.40. The average molecular weight is 310 g/mol. The molecule has 2 heterocycles. The zero-order valence-corrected chi connectivity index (χ0v) is 12.2. The Bertz CT molecular complexity index is 819. The standard InChI is InChI=1S/C16H14N4O3/c17-12-3-1-10(2-4-12)7-14-11(5-6-23-14)8-13(21)15(22)16-18-9-19-20-16/h1-6,9H,7-8,17H2,(H,18,19,20). The smallest absolute Gasteiger partial charge is 0.267 e. The molecule has 0 saturated heterocycles. The Hall–Kier alpha value is -3.22. The Kier molecular flexibility index (Phi) is 4.01. The van der Waals surface area contributed by atoms with Gasteiger partial charge < -0.3 is 10.2 Å².